The Hall–Kier alpha value is -2.10. The van der Waals surface area contributed by atoms with Crippen LogP contribution in [0.15, 0.2) is 18.2 Å². The molecular weight excluding hydrogens is 310 g/mol. The molecule has 25 heavy (non-hydrogen) atoms. The average Bonchev–Trinajstić information content (AvgIpc) is 2.77. The van der Waals surface area contributed by atoms with Crippen molar-refractivity contribution >= 4 is 11.6 Å². The number of anilines is 1. The molecule has 2 aromatic rings. The predicted molar refractivity (Wildman–Crippen MR) is 104 cm³/mol. The zero-order chi connectivity index (χ0) is 18.7. The first-order chi connectivity index (χ1) is 11.7. The highest BCUT2D eigenvalue weighted by atomic mass is 16.1. The van der Waals surface area contributed by atoms with E-state index in [-0.39, 0.29) is 5.91 Å². The summed E-state index contributed by atoms with van der Waals surface area (Å²) < 4.78 is 1.88. The summed E-state index contributed by atoms with van der Waals surface area (Å²) in [5.74, 6) is 0.811. The van der Waals surface area contributed by atoms with Gasteiger partial charge in [0.05, 0.1) is 5.69 Å². The van der Waals surface area contributed by atoms with Gasteiger partial charge in [-0.3, -0.25) is 9.48 Å². The Labute approximate surface area is 151 Å². The van der Waals surface area contributed by atoms with E-state index >= 15 is 0 Å². The first-order valence-electron chi connectivity index (χ1n) is 9.14. The van der Waals surface area contributed by atoms with Gasteiger partial charge in [-0.25, -0.2) is 0 Å². The van der Waals surface area contributed by atoms with Gasteiger partial charge in [0.2, 0.25) is 5.91 Å². The molecule has 4 nitrogen and oxygen atoms in total. The third-order valence-corrected chi connectivity index (χ3v) is 4.90. The van der Waals surface area contributed by atoms with Crippen LogP contribution in [0.2, 0.25) is 0 Å². The van der Waals surface area contributed by atoms with Crippen LogP contribution in [0.1, 0.15) is 74.0 Å². The molecule has 0 fully saturated rings. The van der Waals surface area contributed by atoms with Crippen LogP contribution in [0.4, 0.5) is 5.69 Å². The van der Waals surface area contributed by atoms with E-state index < -0.39 is 0 Å². The van der Waals surface area contributed by atoms with E-state index in [2.05, 4.69) is 63.2 Å². The van der Waals surface area contributed by atoms with E-state index in [9.17, 15) is 4.79 Å². The molecule has 0 atom stereocenters. The molecule has 0 saturated carbocycles. The first-order valence-corrected chi connectivity index (χ1v) is 9.14. The van der Waals surface area contributed by atoms with Crippen molar-refractivity contribution in [1.82, 2.24) is 9.78 Å². The second-order valence-electron chi connectivity index (χ2n) is 7.44. The second-order valence-corrected chi connectivity index (χ2v) is 7.44. The van der Waals surface area contributed by atoms with Crippen LogP contribution in [0, 0.1) is 13.8 Å². The SMILES string of the molecule is Cc1nn(C)c(C)c1CCC(=O)Nc1c(C(C)C)cccc1C(C)C. The summed E-state index contributed by atoms with van der Waals surface area (Å²) in [4.78, 5) is 12.6. The van der Waals surface area contributed by atoms with Crippen molar-refractivity contribution in [2.24, 2.45) is 7.05 Å². The predicted octanol–water partition coefficient (Wildman–Crippen LogP) is 4.86. The van der Waals surface area contributed by atoms with Gasteiger partial charge in [0.1, 0.15) is 0 Å². The minimum Gasteiger partial charge on any atom is -0.326 e. The lowest BCUT2D eigenvalue weighted by molar-refractivity contribution is -0.116. The lowest BCUT2D eigenvalue weighted by Gasteiger charge is -2.20. The fraction of sp³-hybridized carbons (Fsp3) is 0.524. The zero-order valence-corrected chi connectivity index (χ0v) is 16.6. The molecule has 4 heteroatoms. The van der Waals surface area contributed by atoms with Gasteiger partial charge >= 0.3 is 0 Å². The van der Waals surface area contributed by atoms with Crippen molar-refractivity contribution in [3.63, 3.8) is 0 Å². The topological polar surface area (TPSA) is 46.9 Å². The van der Waals surface area contributed by atoms with Gasteiger partial charge < -0.3 is 5.32 Å². The van der Waals surface area contributed by atoms with E-state index in [4.69, 9.17) is 0 Å². The molecule has 1 aromatic heterocycles. The molecule has 0 bridgehead atoms. The van der Waals surface area contributed by atoms with Gasteiger partial charge in [-0.1, -0.05) is 45.9 Å². The third-order valence-electron chi connectivity index (χ3n) is 4.90. The Morgan fingerprint density at radius 3 is 2.12 bits per heavy atom. The molecule has 2 rings (SSSR count). The molecule has 0 unspecified atom stereocenters. The maximum absolute atomic E-state index is 12.6. The standard InChI is InChI=1S/C21H31N3O/c1-13(2)17-9-8-10-18(14(3)4)21(17)22-20(25)12-11-19-15(5)23-24(7)16(19)6/h8-10,13-14H,11-12H2,1-7H3,(H,22,25). The number of nitrogens with one attached hydrogen (secondary N) is 1. The average molecular weight is 341 g/mol. The molecule has 0 aliphatic rings. The summed E-state index contributed by atoms with van der Waals surface area (Å²) in [7, 11) is 1.94. The van der Waals surface area contributed by atoms with Crippen molar-refractivity contribution in [1.29, 1.82) is 0 Å². The first kappa shape index (κ1) is 19.2. The highest BCUT2D eigenvalue weighted by Crippen LogP contribution is 2.32. The second kappa shape index (κ2) is 7.85. The number of carbonyl (C=O) groups excluding carboxylic acids is 1. The molecule has 1 N–H and O–H groups in total. The fourth-order valence-electron chi connectivity index (χ4n) is 3.32. The largest absolute Gasteiger partial charge is 0.326 e. The van der Waals surface area contributed by atoms with Crippen LogP contribution in [-0.2, 0) is 18.3 Å². The summed E-state index contributed by atoms with van der Waals surface area (Å²) in [6.45, 7) is 12.7. The third kappa shape index (κ3) is 4.30. The molecule has 1 heterocycles. The van der Waals surface area contributed by atoms with Crippen molar-refractivity contribution < 1.29 is 4.79 Å². The Morgan fingerprint density at radius 2 is 1.68 bits per heavy atom. The molecule has 0 radical (unpaired) electrons. The highest BCUT2D eigenvalue weighted by molar-refractivity contribution is 5.92. The number of aryl methyl sites for hydroxylation is 2. The van der Waals surface area contributed by atoms with E-state index in [0.29, 0.717) is 18.3 Å². The lowest BCUT2D eigenvalue weighted by atomic mass is 9.92. The van der Waals surface area contributed by atoms with E-state index in [1.165, 1.54) is 16.7 Å². The number of para-hydroxylation sites is 1. The van der Waals surface area contributed by atoms with E-state index in [1.54, 1.807) is 0 Å². The molecule has 0 aliphatic carbocycles. The van der Waals surface area contributed by atoms with Crippen molar-refractivity contribution in [2.75, 3.05) is 5.32 Å². The smallest absolute Gasteiger partial charge is 0.224 e. The Balaban J connectivity index is 2.17. The highest BCUT2D eigenvalue weighted by Gasteiger charge is 2.17. The number of aromatic nitrogens is 2. The number of benzene rings is 1. The number of nitrogens with zero attached hydrogens (tertiary/aromatic N) is 2. The molecule has 0 aliphatic heterocycles. The Bertz CT molecular complexity index is 730. The van der Waals surface area contributed by atoms with Gasteiger partial charge in [-0.2, -0.15) is 5.10 Å². The van der Waals surface area contributed by atoms with Crippen LogP contribution in [0.3, 0.4) is 0 Å². The van der Waals surface area contributed by atoms with Crippen molar-refractivity contribution in [3.05, 3.63) is 46.3 Å². The summed E-state index contributed by atoms with van der Waals surface area (Å²) in [6.07, 6.45) is 1.19. The molecule has 0 saturated heterocycles. The van der Waals surface area contributed by atoms with Crippen LogP contribution < -0.4 is 5.32 Å². The summed E-state index contributed by atoms with van der Waals surface area (Å²) in [6, 6.07) is 6.31. The number of hydrogen-bond acceptors (Lipinski definition) is 2. The fourth-order valence-corrected chi connectivity index (χ4v) is 3.32. The van der Waals surface area contributed by atoms with Crippen LogP contribution >= 0.6 is 0 Å². The summed E-state index contributed by atoms with van der Waals surface area (Å²) in [5.41, 5.74) is 6.73. The van der Waals surface area contributed by atoms with E-state index in [0.717, 1.165) is 23.5 Å². The van der Waals surface area contributed by atoms with Gasteiger partial charge in [0, 0.05) is 24.8 Å². The van der Waals surface area contributed by atoms with Gasteiger partial charge in [-0.05, 0) is 48.8 Å². The maximum Gasteiger partial charge on any atom is 0.224 e. The quantitative estimate of drug-likeness (QED) is 0.816. The monoisotopic (exact) mass is 341 g/mol. The Morgan fingerprint density at radius 1 is 1.12 bits per heavy atom. The normalized spacial score (nSPS) is 11.4. The molecular formula is C21H31N3O. The van der Waals surface area contributed by atoms with Gasteiger partial charge in [0.25, 0.3) is 0 Å². The maximum atomic E-state index is 12.6. The molecule has 1 amide bonds. The zero-order valence-electron chi connectivity index (χ0n) is 16.6. The van der Waals surface area contributed by atoms with Gasteiger partial charge in [0.15, 0.2) is 0 Å². The number of rotatable bonds is 6. The van der Waals surface area contributed by atoms with Crippen molar-refractivity contribution in [2.45, 2.75) is 66.2 Å². The van der Waals surface area contributed by atoms with Crippen LogP contribution in [0.25, 0.3) is 0 Å². The van der Waals surface area contributed by atoms with Crippen LogP contribution in [-0.4, -0.2) is 15.7 Å². The minimum atomic E-state index is 0.0673. The Kier molecular flexibility index (Phi) is 6.04. The summed E-state index contributed by atoms with van der Waals surface area (Å²) >= 11 is 0. The summed E-state index contributed by atoms with van der Waals surface area (Å²) in [5, 5.41) is 7.62. The van der Waals surface area contributed by atoms with Gasteiger partial charge in [-0.15, -0.1) is 0 Å². The number of hydrogen-bond donors (Lipinski definition) is 1. The lowest BCUT2D eigenvalue weighted by Crippen LogP contribution is -2.16. The van der Waals surface area contributed by atoms with Crippen molar-refractivity contribution in [3.8, 4) is 0 Å². The minimum absolute atomic E-state index is 0.0673. The molecule has 0 spiro atoms. The van der Waals surface area contributed by atoms with E-state index in [1.807, 2.05) is 18.7 Å². The number of carbonyl (C=O) groups is 1. The molecule has 1 aromatic carbocycles. The molecule has 136 valence electrons. The number of amides is 1. The van der Waals surface area contributed by atoms with Crippen LogP contribution in [0.5, 0.6) is 0 Å².